The molecular formula is C12H21N. The molecule has 0 unspecified atom stereocenters. The van der Waals surface area contributed by atoms with Gasteiger partial charge in [-0.2, -0.15) is 0 Å². The van der Waals surface area contributed by atoms with Crippen LogP contribution in [0.1, 0.15) is 32.6 Å². The van der Waals surface area contributed by atoms with Crippen LogP contribution in [0.2, 0.25) is 0 Å². The number of hydrogen-bond acceptors (Lipinski definition) is 1. The van der Waals surface area contributed by atoms with Gasteiger partial charge in [-0.15, -0.1) is 0 Å². The summed E-state index contributed by atoms with van der Waals surface area (Å²) in [4.78, 5) is 0. The van der Waals surface area contributed by atoms with E-state index in [9.17, 15) is 0 Å². The standard InChI is InChI=1S/C12H21N/c1-3-5-9-12(4-2)10-7-6-8-11-13/h3-5,9H,1,6-8,10-11,13H2,2H3/b9-5-,12-4+. The van der Waals surface area contributed by atoms with Crippen LogP contribution in [0.3, 0.4) is 0 Å². The van der Waals surface area contributed by atoms with Crippen LogP contribution < -0.4 is 5.73 Å². The molecule has 13 heavy (non-hydrogen) atoms. The van der Waals surface area contributed by atoms with Crippen LogP contribution >= 0.6 is 0 Å². The van der Waals surface area contributed by atoms with E-state index in [4.69, 9.17) is 5.73 Å². The predicted molar refractivity (Wildman–Crippen MR) is 60.6 cm³/mol. The van der Waals surface area contributed by atoms with E-state index < -0.39 is 0 Å². The SMILES string of the molecule is C=C/C=C\C(=C/C)CCCCCN. The first-order valence-corrected chi connectivity index (χ1v) is 4.99. The molecule has 0 aromatic rings. The lowest BCUT2D eigenvalue weighted by atomic mass is 10.1. The molecule has 0 amide bonds. The highest BCUT2D eigenvalue weighted by atomic mass is 14.5. The molecule has 1 nitrogen and oxygen atoms in total. The smallest absolute Gasteiger partial charge is 0.00773 e. The Morgan fingerprint density at radius 3 is 2.62 bits per heavy atom. The molecule has 0 aliphatic carbocycles. The maximum Gasteiger partial charge on any atom is -0.00773 e. The van der Waals surface area contributed by atoms with Gasteiger partial charge in [-0.1, -0.05) is 42.9 Å². The van der Waals surface area contributed by atoms with Crippen LogP contribution in [0, 0.1) is 0 Å². The summed E-state index contributed by atoms with van der Waals surface area (Å²) in [5.74, 6) is 0. The van der Waals surface area contributed by atoms with Gasteiger partial charge in [0.15, 0.2) is 0 Å². The van der Waals surface area contributed by atoms with Crippen molar-refractivity contribution in [1.29, 1.82) is 0 Å². The highest BCUT2D eigenvalue weighted by Crippen LogP contribution is 2.09. The zero-order valence-electron chi connectivity index (χ0n) is 8.63. The number of rotatable bonds is 7. The lowest BCUT2D eigenvalue weighted by Gasteiger charge is -2.00. The van der Waals surface area contributed by atoms with Crippen molar-refractivity contribution < 1.29 is 0 Å². The van der Waals surface area contributed by atoms with Gasteiger partial charge >= 0.3 is 0 Å². The number of unbranched alkanes of at least 4 members (excludes halogenated alkanes) is 2. The fourth-order valence-electron chi connectivity index (χ4n) is 1.17. The van der Waals surface area contributed by atoms with Crippen LogP contribution in [0.15, 0.2) is 36.5 Å². The van der Waals surface area contributed by atoms with Crippen molar-refractivity contribution in [2.24, 2.45) is 5.73 Å². The minimum atomic E-state index is 0.813. The van der Waals surface area contributed by atoms with Crippen molar-refractivity contribution in [3.05, 3.63) is 36.5 Å². The Kier molecular flexibility index (Phi) is 8.68. The number of allylic oxidation sites excluding steroid dienone is 5. The summed E-state index contributed by atoms with van der Waals surface area (Å²) in [7, 11) is 0. The molecule has 0 saturated carbocycles. The van der Waals surface area contributed by atoms with E-state index >= 15 is 0 Å². The zero-order chi connectivity index (χ0) is 9.94. The summed E-state index contributed by atoms with van der Waals surface area (Å²) in [6.45, 7) is 6.53. The van der Waals surface area contributed by atoms with E-state index in [2.05, 4.69) is 25.7 Å². The van der Waals surface area contributed by atoms with Gasteiger partial charge in [0.1, 0.15) is 0 Å². The van der Waals surface area contributed by atoms with Gasteiger partial charge in [-0.3, -0.25) is 0 Å². The van der Waals surface area contributed by atoms with Gasteiger partial charge in [0.25, 0.3) is 0 Å². The molecule has 0 aliphatic rings. The Morgan fingerprint density at radius 2 is 2.08 bits per heavy atom. The largest absolute Gasteiger partial charge is 0.330 e. The van der Waals surface area contributed by atoms with Crippen molar-refractivity contribution in [2.75, 3.05) is 6.54 Å². The molecule has 0 radical (unpaired) electrons. The van der Waals surface area contributed by atoms with Crippen molar-refractivity contribution >= 4 is 0 Å². The van der Waals surface area contributed by atoms with E-state index in [1.54, 1.807) is 0 Å². The average molecular weight is 179 g/mol. The fourth-order valence-corrected chi connectivity index (χ4v) is 1.17. The third kappa shape index (κ3) is 7.54. The molecule has 0 saturated heterocycles. The maximum atomic E-state index is 5.42. The average Bonchev–Trinajstić information content (AvgIpc) is 2.17. The molecule has 0 aromatic heterocycles. The zero-order valence-corrected chi connectivity index (χ0v) is 8.63. The van der Waals surface area contributed by atoms with Gasteiger partial charge < -0.3 is 5.73 Å². The summed E-state index contributed by atoms with van der Waals surface area (Å²) in [5, 5.41) is 0. The molecular weight excluding hydrogens is 158 g/mol. The van der Waals surface area contributed by atoms with E-state index in [1.165, 1.54) is 18.4 Å². The van der Waals surface area contributed by atoms with Crippen LogP contribution in [0.25, 0.3) is 0 Å². The van der Waals surface area contributed by atoms with E-state index in [0.29, 0.717) is 0 Å². The summed E-state index contributed by atoms with van der Waals surface area (Å²) in [6.07, 6.45) is 12.8. The number of nitrogens with two attached hydrogens (primary N) is 1. The van der Waals surface area contributed by atoms with Gasteiger partial charge in [-0.05, 0) is 32.7 Å². The molecule has 0 fully saturated rings. The first-order chi connectivity index (χ1) is 6.35. The Labute approximate surface area is 82.0 Å². The summed E-state index contributed by atoms with van der Waals surface area (Å²) in [6, 6.07) is 0. The van der Waals surface area contributed by atoms with E-state index in [0.717, 1.165) is 19.4 Å². The van der Waals surface area contributed by atoms with Crippen molar-refractivity contribution in [2.45, 2.75) is 32.6 Å². The van der Waals surface area contributed by atoms with Crippen LogP contribution in [0.5, 0.6) is 0 Å². The first kappa shape index (κ1) is 12.2. The van der Waals surface area contributed by atoms with Gasteiger partial charge in [-0.25, -0.2) is 0 Å². The molecule has 0 aromatic carbocycles. The molecule has 0 heterocycles. The second kappa shape index (κ2) is 9.27. The highest BCUT2D eigenvalue weighted by Gasteiger charge is 1.91. The fraction of sp³-hybridized carbons (Fsp3) is 0.500. The number of hydrogen-bond donors (Lipinski definition) is 1. The molecule has 0 bridgehead atoms. The van der Waals surface area contributed by atoms with Crippen molar-refractivity contribution in [1.82, 2.24) is 0 Å². The molecule has 1 heteroatoms. The minimum absolute atomic E-state index is 0.813. The summed E-state index contributed by atoms with van der Waals surface area (Å²) < 4.78 is 0. The summed E-state index contributed by atoms with van der Waals surface area (Å²) >= 11 is 0. The van der Waals surface area contributed by atoms with Crippen LogP contribution in [-0.4, -0.2) is 6.54 Å². The molecule has 0 rings (SSSR count). The molecule has 74 valence electrons. The van der Waals surface area contributed by atoms with Crippen molar-refractivity contribution in [3.63, 3.8) is 0 Å². The third-order valence-corrected chi connectivity index (χ3v) is 1.99. The normalized spacial score (nSPS) is 12.3. The Hall–Kier alpha value is -0.820. The van der Waals surface area contributed by atoms with Crippen LogP contribution in [-0.2, 0) is 0 Å². The molecule has 2 N–H and O–H groups in total. The third-order valence-electron chi connectivity index (χ3n) is 1.99. The first-order valence-electron chi connectivity index (χ1n) is 4.99. The second-order valence-corrected chi connectivity index (χ2v) is 3.06. The van der Waals surface area contributed by atoms with Gasteiger partial charge in [0.05, 0.1) is 0 Å². The monoisotopic (exact) mass is 179 g/mol. The maximum absolute atomic E-state index is 5.42. The highest BCUT2D eigenvalue weighted by molar-refractivity contribution is 5.20. The van der Waals surface area contributed by atoms with Gasteiger partial charge in [0.2, 0.25) is 0 Å². The van der Waals surface area contributed by atoms with E-state index in [1.807, 2.05) is 12.2 Å². The van der Waals surface area contributed by atoms with Crippen molar-refractivity contribution in [3.8, 4) is 0 Å². The Balaban J connectivity index is 3.61. The van der Waals surface area contributed by atoms with Gasteiger partial charge in [0, 0.05) is 0 Å². The summed E-state index contributed by atoms with van der Waals surface area (Å²) in [5.41, 5.74) is 6.80. The quantitative estimate of drug-likeness (QED) is 0.471. The Morgan fingerprint density at radius 1 is 1.31 bits per heavy atom. The lowest BCUT2D eigenvalue weighted by Crippen LogP contribution is -1.97. The molecule has 0 spiro atoms. The minimum Gasteiger partial charge on any atom is -0.330 e. The predicted octanol–water partition coefficient (Wildman–Crippen LogP) is 3.19. The lowest BCUT2D eigenvalue weighted by molar-refractivity contribution is 0.687. The molecule has 0 aliphatic heterocycles. The van der Waals surface area contributed by atoms with Crippen LogP contribution in [0.4, 0.5) is 0 Å². The van der Waals surface area contributed by atoms with E-state index in [-0.39, 0.29) is 0 Å². The topological polar surface area (TPSA) is 26.0 Å². The second-order valence-electron chi connectivity index (χ2n) is 3.06. The Bertz CT molecular complexity index is 178. The molecule has 0 atom stereocenters.